The van der Waals surface area contributed by atoms with E-state index in [0.717, 1.165) is 24.2 Å². The van der Waals surface area contributed by atoms with Crippen LogP contribution in [-0.4, -0.2) is 18.5 Å². The molecule has 0 aromatic heterocycles. The molecule has 1 aliphatic carbocycles. The molecule has 2 N–H and O–H groups in total. The van der Waals surface area contributed by atoms with Gasteiger partial charge < -0.3 is 10.6 Å². The van der Waals surface area contributed by atoms with Gasteiger partial charge in [0.25, 0.3) is 0 Å². The Morgan fingerprint density at radius 2 is 2.29 bits per heavy atom. The Kier molecular flexibility index (Phi) is 2.54. The van der Waals surface area contributed by atoms with Crippen LogP contribution in [0.3, 0.4) is 0 Å². The van der Waals surface area contributed by atoms with Gasteiger partial charge in [0.2, 0.25) is 5.91 Å². The maximum absolute atomic E-state index is 12.2. The number of carbonyl (C=O) groups excluding carboxylic acids is 1. The highest BCUT2D eigenvalue weighted by Gasteiger charge is 2.38. The van der Waals surface area contributed by atoms with Crippen molar-refractivity contribution in [1.29, 1.82) is 0 Å². The highest BCUT2D eigenvalue weighted by Crippen LogP contribution is 2.35. The summed E-state index contributed by atoms with van der Waals surface area (Å²) in [6, 6.07) is 8.51. The van der Waals surface area contributed by atoms with Gasteiger partial charge in [0, 0.05) is 18.3 Å². The molecule has 17 heavy (non-hydrogen) atoms. The molecule has 1 aromatic carbocycles. The smallest absolute Gasteiger partial charge is 0.229 e. The van der Waals surface area contributed by atoms with Crippen LogP contribution in [0.2, 0.25) is 0 Å². The van der Waals surface area contributed by atoms with Crippen molar-refractivity contribution in [1.82, 2.24) is 5.32 Å². The van der Waals surface area contributed by atoms with Gasteiger partial charge in [-0.1, -0.05) is 31.5 Å². The fourth-order valence-corrected chi connectivity index (χ4v) is 2.68. The van der Waals surface area contributed by atoms with Crippen LogP contribution in [0.15, 0.2) is 24.3 Å². The molecule has 1 amide bonds. The molecular formula is C14H18N2O. The van der Waals surface area contributed by atoms with E-state index < -0.39 is 0 Å². The Morgan fingerprint density at radius 1 is 1.47 bits per heavy atom. The number of carbonyl (C=O) groups is 1. The molecule has 3 rings (SSSR count). The molecule has 3 atom stereocenters. The minimum absolute atomic E-state index is 0.00990. The highest BCUT2D eigenvalue weighted by molar-refractivity contribution is 5.88. The van der Waals surface area contributed by atoms with Crippen LogP contribution in [0.25, 0.3) is 0 Å². The van der Waals surface area contributed by atoms with Gasteiger partial charge in [0.1, 0.15) is 0 Å². The Hall–Kier alpha value is -1.51. The molecule has 0 saturated heterocycles. The first-order chi connectivity index (χ1) is 8.29. The van der Waals surface area contributed by atoms with Crippen molar-refractivity contribution in [3.63, 3.8) is 0 Å². The second-order valence-electron chi connectivity index (χ2n) is 5.04. The predicted octanol–water partition coefficient (Wildman–Crippen LogP) is 2.11. The summed E-state index contributed by atoms with van der Waals surface area (Å²) in [6.07, 6.45) is 2.33. The van der Waals surface area contributed by atoms with Crippen molar-refractivity contribution in [2.24, 2.45) is 5.92 Å². The number of benzene rings is 1. The summed E-state index contributed by atoms with van der Waals surface area (Å²) in [5.41, 5.74) is 2.24. The number of amides is 1. The van der Waals surface area contributed by atoms with Gasteiger partial charge in [-0.3, -0.25) is 4.79 Å². The van der Waals surface area contributed by atoms with Gasteiger partial charge in [-0.05, 0) is 24.0 Å². The molecule has 0 spiro atoms. The average molecular weight is 230 g/mol. The topological polar surface area (TPSA) is 41.1 Å². The molecule has 1 aromatic rings. The summed E-state index contributed by atoms with van der Waals surface area (Å²) in [5.74, 6) is 0.885. The Labute approximate surface area is 102 Å². The molecule has 0 radical (unpaired) electrons. The number of hydrogen-bond acceptors (Lipinski definition) is 2. The SMILES string of the molecule is CCC1CC1NC(=O)C1CNc2ccccc21. The molecule has 1 saturated carbocycles. The summed E-state index contributed by atoms with van der Waals surface area (Å²) < 4.78 is 0. The summed E-state index contributed by atoms with van der Waals surface area (Å²) in [7, 11) is 0. The zero-order valence-corrected chi connectivity index (χ0v) is 10.1. The van der Waals surface area contributed by atoms with E-state index >= 15 is 0 Å². The molecule has 3 nitrogen and oxygen atoms in total. The van der Waals surface area contributed by atoms with Crippen LogP contribution in [0.4, 0.5) is 5.69 Å². The van der Waals surface area contributed by atoms with E-state index in [1.165, 1.54) is 6.42 Å². The number of anilines is 1. The molecule has 0 bridgehead atoms. The average Bonchev–Trinajstić information content (AvgIpc) is 2.96. The molecule has 1 aliphatic heterocycles. The van der Waals surface area contributed by atoms with E-state index in [-0.39, 0.29) is 11.8 Å². The molecule has 1 heterocycles. The van der Waals surface area contributed by atoms with Crippen LogP contribution in [-0.2, 0) is 4.79 Å². The first-order valence-electron chi connectivity index (χ1n) is 6.42. The maximum atomic E-state index is 12.2. The van der Waals surface area contributed by atoms with Crippen LogP contribution >= 0.6 is 0 Å². The van der Waals surface area contributed by atoms with Gasteiger partial charge >= 0.3 is 0 Å². The predicted molar refractivity (Wildman–Crippen MR) is 68.0 cm³/mol. The molecule has 3 unspecified atom stereocenters. The largest absolute Gasteiger partial charge is 0.384 e. The number of rotatable bonds is 3. The van der Waals surface area contributed by atoms with Crippen molar-refractivity contribution < 1.29 is 4.79 Å². The lowest BCUT2D eigenvalue weighted by molar-refractivity contribution is -0.122. The molecule has 3 heteroatoms. The van der Waals surface area contributed by atoms with Crippen molar-refractivity contribution in [2.45, 2.75) is 31.7 Å². The summed E-state index contributed by atoms with van der Waals surface area (Å²) in [4.78, 5) is 12.2. The number of fused-ring (bicyclic) bond motifs is 1. The van der Waals surface area contributed by atoms with Gasteiger partial charge in [-0.15, -0.1) is 0 Å². The lowest BCUT2D eigenvalue weighted by atomic mass is 10.0. The van der Waals surface area contributed by atoms with Crippen LogP contribution in [0, 0.1) is 5.92 Å². The molecular weight excluding hydrogens is 212 g/mol. The maximum Gasteiger partial charge on any atom is 0.229 e. The highest BCUT2D eigenvalue weighted by atomic mass is 16.2. The Bertz CT molecular complexity index is 444. The van der Waals surface area contributed by atoms with Crippen molar-refractivity contribution in [2.75, 3.05) is 11.9 Å². The van der Waals surface area contributed by atoms with E-state index in [0.29, 0.717) is 12.0 Å². The second-order valence-corrected chi connectivity index (χ2v) is 5.04. The number of para-hydroxylation sites is 1. The van der Waals surface area contributed by atoms with E-state index in [2.05, 4.69) is 17.6 Å². The lowest BCUT2D eigenvalue weighted by Crippen LogP contribution is -2.32. The fraction of sp³-hybridized carbons (Fsp3) is 0.500. The van der Waals surface area contributed by atoms with Gasteiger partial charge in [-0.25, -0.2) is 0 Å². The first-order valence-corrected chi connectivity index (χ1v) is 6.42. The van der Waals surface area contributed by atoms with Crippen LogP contribution < -0.4 is 10.6 Å². The number of hydrogen-bond donors (Lipinski definition) is 2. The third kappa shape index (κ3) is 1.90. The van der Waals surface area contributed by atoms with Crippen molar-refractivity contribution >= 4 is 11.6 Å². The Morgan fingerprint density at radius 3 is 3.06 bits per heavy atom. The van der Waals surface area contributed by atoms with Gasteiger partial charge in [-0.2, -0.15) is 0 Å². The minimum Gasteiger partial charge on any atom is -0.384 e. The summed E-state index contributed by atoms with van der Waals surface area (Å²) in [6.45, 7) is 2.91. The standard InChI is InChI=1S/C14H18N2O/c1-2-9-7-13(9)16-14(17)11-8-15-12-6-4-3-5-10(11)12/h3-6,9,11,13,15H,2,7-8H2,1H3,(H,16,17). The minimum atomic E-state index is -0.00990. The second kappa shape index (κ2) is 4.06. The van der Waals surface area contributed by atoms with Gasteiger partial charge in [0.15, 0.2) is 0 Å². The van der Waals surface area contributed by atoms with Crippen LogP contribution in [0.5, 0.6) is 0 Å². The van der Waals surface area contributed by atoms with Crippen LogP contribution in [0.1, 0.15) is 31.2 Å². The van der Waals surface area contributed by atoms with E-state index in [4.69, 9.17) is 0 Å². The van der Waals surface area contributed by atoms with E-state index in [9.17, 15) is 4.79 Å². The zero-order chi connectivity index (χ0) is 11.8. The first kappa shape index (κ1) is 10.6. The summed E-state index contributed by atoms with van der Waals surface area (Å²) in [5, 5.41) is 6.45. The summed E-state index contributed by atoms with van der Waals surface area (Å²) >= 11 is 0. The van der Waals surface area contributed by atoms with Gasteiger partial charge in [0.05, 0.1) is 5.92 Å². The van der Waals surface area contributed by atoms with E-state index in [1.807, 2.05) is 24.3 Å². The van der Waals surface area contributed by atoms with Crippen molar-refractivity contribution in [3.05, 3.63) is 29.8 Å². The fourth-order valence-electron chi connectivity index (χ4n) is 2.68. The lowest BCUT2D eigenvalue weighted by Gasteiger charge is -2.10. The monoisotopic (exact) mass is 230 g/mol. The van der Waals surface area contributed by atoms with E-state index in [1.54, 1.807) is 0 Å². The Balaban J connectivity index is 1.68. The third-order valence-corrected chi connectivity index (χ3v) is 3.92. The normalized spacial score (nSPS) is 29.4. The third-order valence-electron chi connectivity index (χ3n) is 3.92. The molecule has 1 fully saturated rings. The van der Waals surface area contributed by atoms with Crippen molar-refractivity contribution in [3.8, 4) is 0 Å². The zero-order valence-electron chi connectivity index (χ0n) is 10.1. The molecule has 2 aliphatic rings. The quantitative estimate of drug-likeness (QED) is 0.835. The molecule has 90 valence electrons. The number of nitrogens with one attached hydrogen (secondary N) is 2.